The van der Waals surface area contributed by atoms with Gasteiger partial charge in [0.05, 0.1) is 10.7 Å². The van der Waals surface area contributed by atoms with Crippen LogP contribution in [0.3, 0.4) is 0 Å². The maximum atomic E-state index is 8.86. The summed E-state index contributed by atoms with van der Waals surface area (Å²) in [4.78, 5) is 5.09. The van der Waals surface area contributed by atoms with E-state index in [1.807, 2.05) is 31.2 Å². The van der Waals surface area contributed by atoms with Gasteiger partial charge in [0.2, 0.25) is 0 Å². The van der Waals surface area contributed by atoms with E-state index in [4.69, 9.17) is 16.9 Å². The third kappa shape index (κ3) is 2.85. The highest BCUT2D eigenvalue weighted by Crippen LogP contribution is 2.21. The molecule has 1 aromatic carbocycles. The minimum Gasteiger partial charge on any atom is -0.245 e. The molecule has 0 unspecified atom stereocenters. The molecule has 17 heavy (non-hydrogen) atoms. The van der Waals surface area contributed by atoms with Crippen LogP contribution in [0.25, 0.3) is 0 Å². The molecule has 0 saturated heterocycles. The van der Waals surface area contributed by atoms with Gasteiger partial charge in [0.15, 0.2) is 0 Å². The second-order valence-corrected chi connectivity index (χ2v) is 5.22. The van der Waals surface area contributed by atoms with Gasteiger partial charge in [-0.15, -0.1) is 11.3 Å². The van der Waals surface area contributed by atoms with Gasteiger partial charge in [0.25, 0.3) is 0 Å². The maximum absolute atomic E-state index is 8.86. The summed E-state index contributed by atoms with van der Waals surface area (Å²) in [5.41, 5.74) is 1.95. The Morgan fingerprint density at radius 2 is 2.12 bits per heavy atom. The van der Waals surface area contributed by atoms with E-state index in [0.717, 1.165) is 34.1 Å². The van der Waals surface area contributed by atoms with Gasteiger partial charge in [0, 0.05) is 11.4 Å². The Balaban J connectivity index is 2.08. The van der Waals surface area contributed by atoms with E-state index in [0.29, 0.717) is 4.88 Å². The number of hydrogen-bond acceptors (Lipinski definition) is 3. The van der Waals surface area contributed by atoms with Crippen LogP contribution in [0.15, 0.2) is 24.3 Å². The number of rotatable bonds is 3. The van der Waals surface area contributed by atoms with Crippen molar-refractivity contribution in [3.63, 3.8) is 0 Å². The topological polar surface area (TPSA) is 36.7 Å². The lowest BCUT2D eigenvalue weighted by atomic mass is 10.1. The Labute approximate surface area is 110 Å². The van der Waals surface area contributed by atoms with Gasteiger partial charge >= 0.3 is 0 Å². The van der Waals surface area contributed by atoms with Crippen molar-refractivity contribution < 1.29 is 0 Å². The monoisotopic (exact) mass is 262 g/mol. The second-order valence-electron chi connectivity index (χ2n) is 3.73. The Morgan fingerprint density at radius 1 is 1.35 bits per heavy atom. The molecule has 2 aromatic rings. The standard InChI is InChI=1S/C13H11ClN2S/c1-9-12(8-15)17-13(16-9)7-6-10-4-2-3-5-11(10)14/h2-5H,6-7H2,1H3. The van der Waals surface area contributed by atoms with Crippen molar-refractivity contribution in [3.05, 3.63) is 50.4 Å². The van der Waals surface area contributed by atoms with Gasteiger partial charge < -0.3 is 0 Å². The van der Waals surface area contributed by atoms with Crippen molar-refractivity contribution in [1.82, 2.24) is 4.98 Å². The molecule has 0 N–H and O–H groups in total. The fourth-order valence-corrected chi connectivity index (χ4v) is 2.70. The van der Waals surface area contributed by atoms with E-state index in [9.17, 15) is 0 Å². The van der Waals surface area contributed by atoms with Crippen LogP contribution in [0.1, 0.15) is 21.1 Å². The van der Waals surface area contributed by atoms with Gasteiger partial charge in [-0.1, -0.05) is 29.8 Å². The average Bonchev–Trinajstić information content (AvgIpc) is 2.69. The summed E-state index contributed by atoms with van der Waals surface area (Å²) in [7, 11) is 0. The lowest BCUT2D eigenvalue weighted by Gasteiger charge is -2.01. The molecule has 2 nitrogen and oxygen atoms in total. The van der Waals surface area contributed by atoms with E-state index >= 15 is 0 Å². The van der Waals surface area contributed by atoms with E-state index < -0.39 is 0 Å². The van der Waals surface area contributed by atoms with Crippen LogP contribution < -0.4 is 0 Å². The summed E-state index contributed by atoms with van der Waals surface area (Å²) in [6.07, 6.45) is 1.69. The first-order valence-corrected chi connectivity index (χ1v) is 6.50. The first kappa shape index (κ1) is 12.1. The Kier molecular flexibility index (Phi) is 3.78. The summed E-state index contributed by atoms with van der Waals surface area (Å²) >= 11 is 7.55. The normalized spacial score (nSPS) is 10.2. The molecular weight excluding hydrogens is 252 g/mol. The Morgan fingerprint density at radius 3 is 2.76 bits per heavy atom. The summed E-state index contributed by atoms with van der Waals surface area (Å²) < 4.78 is 0. The molecule has 0 aliphatic carbocycles. The molecule has 0 radical (unpaired) electrons. The minimum atomic E-state index is 0.708. The molecule has 0 amide bonds. The number of aromatic nitrogens is 1. The van der Waals surface area contributed by atoms with Crippen molar-refractivity contribution in [2.45, 2.75) is 19.8 Å². The third-order valence-corrected chi connectivity index (χ3v) is 4.00. The van der Waals surface area contributed by atoms with Crippen molar-refractivity contribution >= 4 is 22.9 Å². The molecule has 0 aliphatic heterocycles. The zero-order valence-electron chi connectivity index (χ0n) is 9.40. The van der Waals surface area contributed by atoms with E-state index in [1.54, 1.807) is 0 Å². The molecule has 0 bridgehead atoms. The minimum absolute atomic E-state index is 0.708. The molecule has 86 valence electrons. The van der Waals surface area contributed by atoms with E-state index in [-0.39, 0.29) is 0 Å². The lowest BCUT2D eigenvalue weighted by Crippen LogP contribution is -1.91. The third-order valence-electron chi connectivity index (χ3n) is 2.51. The van der Waals surface area contributed by atoms with Crippen LogP contribution in [-0.2, 0) is 12.8 Å². The van der Waals surface area contributed by atoms with Crippen molar-refractivity contribution in [2.24, 2.45) is 0 Å². The van der Waals surface area contributed by atoms with Crippen molar-refractivity contribution in [3.8, 4) is 6.07 Å². The molecule has 0 aliphatic rings. The predicted octanol–water partition coefficient (Wildman–Crippen LogP) is 3.76. The fraction of sp³-hybridized carbons (Fsp3) is 0.231. The van der Waals surface area contributed by atoms with Gasteiger partial charge in [0.1, 0.15) is 10.9 Å². The average molecular weight is 263 g/mol. The Bertz CT molecular complexity index is 569. The summed E-state index contributed by atoms with van der Waals surface area (Å²) in [6, 6.07) is 9.98. The highest BCUT2D eigenvalue weighted by Gasteiger charge is 2.07. The number of benzene rings is 1. The summed E-state index contributed by atoms with van der Waals surface area (Å²) in [5, 5.41) is 10.7. The molecule has 0 fully saturated rings. The van der Waals surface area contributed by atoms with Gasteiger partial charge in [-0.2, -0.15) is 5.26 Å². The number of halogens is 1. The smallest absolute Gasteiger partial charge is 0.127 e. The molecule has 1 aromatic heterocycles. The van der Waals surface area contributed by atoms with Crippen molar-refractivity contribution in [1.29, 1.82) is 5.26 Å². The molecule has 0 atom stereocenters. The molecule has 4 heteroatoms. The largest absolute Gasteiger partial charge is 0.245 e. The number of nitriles is 1. The van der Waals surface area contributed by atoms with E-state index in [2.05, 4.69) is 11.1 Å². The van der Waals surface area contributed by atoms with Gasteiger partial charge in [-0.3, -0.25) is 0 Å². The zero-order valence-corrected chi connectivity index (χ0v) is 11.0. The number of thiazole rings is 1. The Hall–Kier alpha value is -1.37. The van der Waals surface area contributed by atoms with E-state index in [1.165, 1.54) is 11.3 Å². The van der Waals surface area contributed by atoms with Crippen LogP contribution >= 0.6 is 22.9 Å². The fourth-order valence-electron chi connectivity index (χ4n) is 1.61. The first-order valence-electron chi connectivity index (χ1n) is 5.30. The number of hydrogen-bond donors (Lipinski definition) is 0. The zero-order chi connectivity index (χ0) is 12.3. The summed E-state index contributed by atoms with van der Waals surface area (Å²) in [6.45, 7) is 1.87. The highest BCUT2D eigenvalue weighted by atomic mass is 35.5. The van der Waals surface area contributed by atoms with Gasteiger partial charge in [-0.25, -0.2) is 4.98 Å². The summed E-state index contributed by atoms with van der Waals surface area (Å²) in [5.74, 6) is 0. The highest BCUT2D eigenvalue weighted by molar-refractivity contribution is 7.12. The van der Waals surface area contributed by atoms with Crippen LogP contribution in [-0.4, -0.2) is 4.98 Å². The molecular formula is C13H11ClN2S. The van der Waals surface area contributed by atoms with Gasteiger partial charge in [-0.05, 0) is 25.0 Å². The second kappa shape index (κ2) is 5.31. The predicted molar refractivity (Wildman–Crippen MR) is 70.4 cm³/mol. The molecule has 2 rings (SSSR count). The van der Waals surface area contributed by atoms with Crippen LogP contribution in [0.5, 0.6) is 0 Å². The number of nitrogens with zero attached hydrogens (tertiary/aromatic N) is 2. The lowest BCUT2D eigenvalue weighted by molar-refractivity contribution is 0.936. The molecule has 0 saturated carbocycles. The quantitative estimate of drug-likeness (QED) is 0.844. The number of aryl methyl sites for hydroxylation is 3. The SMILES string of the molecule is Cc1nc(CCc2ccccc2Cl)sc1C#N. The van der Waals surface area contributed by atoms with Crippen LogP contribution in [0.4, 0.5) is 0 Å². The molecule has 0 spiro atoms. The maximum Gasteiger partial charge on any atom is 0.127 e. The van der Waals surface area contributed by atoms with Crippen LogP contribution in [0, 0.1) is 18.3 Å². The van der Waals surface area contributed by atoms with Crippen molar-refractivity contribution in [2.75, 3.05) is 0 Å². The van der Waals surface area contributed by atoms with Crippen LogP contribution in [0.2, 0.25) is 5.02 Å². The first-order chi connectivity index (χ1) is 8.20. The molecule has 1 heterocycles.